The zero-order valence-corrected chi connectivity index (χ0v) is 5.79. The lowest BCUT2D eigenvalue weighted by molar-refractivity contribution is 0.100. The number of hydrogen-bond acceptors (Lipinski definition) is 4. The van der Waals surface area contributed by atoms with Crippen LogP contribution in [0.25, 0.3) is 0 Å². The number of carbonyl (C=O) groups is 3. The minimum atomic E-state index is -1.13. The number of hydrazine groups is 1. The van der Waals surface area contributed by atoms with Crippen molar-refractivity contribution >= 4 is 18.2 Å². The third-order valence-corrected chi connectivity index (χ3v) is 0.532. The zero-order chi connectivity index (χ0) is 9.56. The number of amides is 5. The first-order valence-electron chi connectivity index (χ1n) is 2.60. The van der Waals surface area contributed by atoms with Gasteiger partial charge in [-0.15, -0.1) is 0 Å². The molecule has 0 saturated heterocycles. The van der Waals surface area contributed by atoms with Gasteiger partial charge in [-0.3, -0.25) is 0 Å². The Balaban J connectivity index is 3.47. The molecule has 0 aliphatic rings. The zero-order valence-electron chi connectivity index (χ0n) is 5.79. The van der Waals surface area contributed by atoms with Crippen LogP contribution in [0, 0.1) is 0 Å². The average molecular weight is 177 g/mol. The predicted octanol–water partition coefficient (Wildman–Crippen LogP) is -2.12. The van der Waals surface area contributed by atoms with Gasteiger partial charge in [-0.2, -0.15) is 5.48 Å². The molecule has 9 nitrogen and oxygen atoms in total. The van der Waals surface area contributed by atoms with E-state index in [-0.39, 0.29) is 0 Å². The molecule has 0 spiro atoms. The van der Waals surface area contributed by atoms with Gasteiger partial charge >= 0.3 is 18.2 Å². The lowest BCUT2D eigenvalue weighted by atomic mass is 11.1. The van der Waals surface area contributed by atoms with Crippen LogP contribution in [0.5, 0.6) is 0 Å². The smallest absolute Gasteiger partial charge is 0.350 e. The standard InChI is InChI=1S/C3H7N5O4/c4-1(9)6-7-3(11)12-8-2(5)10/h(H,7,11)(H3,4,6,9)(H3,5,8,10). The van der Waals surface area contributed by atoms with Crippen molar-refractivity contribution in [1.82, 2.24) is 16.3 Å². The van der Waals surface area contributed by atoms with Gasteiger partial charge in [-0.1, -0.05) is 0 Å². The molecule has 5 amide bonds. The number of hydroxylamine groups is 1. The van der Waals surface area contributed by atoms with Crippen molar-refractivity contribution in [3.8, 4) is 0 Å². The fourth-order valence-corrected chi connectivity index (χ4v) is 0.235. The van der Waals surface area contributed by atoms with Crippen molar-refractivity contribution in [3.05, 3.63) is 0 Å². The molecular weight excluding hydrogens is 170 g/mol. The highest BCUT2D eigenvalue weighted by Gasteiger charge is 2.02. The van der Waals surface area contributed by atoms with Crippen LogP contribution in [0.4, 0.5) is 14.4 Å². The normalized spacial score (nSPS) is 8.00. The van der Waals surface area contributed by atoms with Crippen LogP contribution in [0.2, 0.25) is 0 Å². The molecule has 68 valence electrons. The molecule has 0 aromatic heterocycles. The third-order valence-electron chi connectivity index (χ3n) is 0.532. The Morgan fingerprint density at radius 2 is 1.58 bits per heavy atom. The summed E-state index contributed by atoms with van der Waals surface area (Å²) in [6.07, 6.45) is -1.13. The lowest BCUT2D eigenvalue weighted by Gasteiger charge is -2.04. The van der Waals surface area contributed by atoms with Crippen LogP contribution in [0.3, 0.4) is 0 Å². The first kappa shape index (κ1) is 9.81. The van der Waals surface area contributed by atoms with E-state index in [0.717, 1.165) is 0 Å². The molecule has 0 aromatic carbocycles. The Bertz CT molecular complexity index is 183. The van der Waals surface area contributed by atoms with Crippen molar-refractivity contribution in [3.63, 3.8) is 0 Å². The monoisotopic (exact) mass is 177 g/mol. The molecule has 12 heavy (non-hydrogen) atoms. The number of primary amides is 2. The van der Waals surface area contributed by atoms with Crippen molar-refractivity contribution in [2.24, 2.45) is 11.5 Å². The molecule has 0 rings (SSSR count). The molecule has 0 radical (unpaired) electrons. The first-order valence-corrected chi connectivity index (χ1v) is 2.60. The van der Waals surface area contributed by atoms with Crippen LogP contribution >= 0.6 is 0 Å². The fraction of sp³-hybridized carbons (Fsp3) is 0. The Morgan fingerprint density at radius 3 is 2.00 bits per heavy atom. The SMILES string of the molecule is NC(=O)NNC(=O)ONC(N)=O. The summed E-state index contributed by atoms with van der Waals surface area (Å²) in [4.78, 5) is 34.2. The van der Waals surface area contributed by atoms with Crippen LogP contribution in [0.15, 0.2) is 0 Å². The van der Waals surface area contributed by atoms with Crippen LogP contribution in [-0.2, 0) is 4.84 Å². The summed E-state index contributed by atoms with van der Waals surface area (Å²) in [6, 6.07) is -2.03. The number of urea groups is 2. The summed E-state index contributed by atoms with van der Waals surface area (Å²) >= 11 is 0. The van der Waals surface area contributed by atoms with E-state index in [0.29, 0.717) is 0 Å². The summed E-state index contributed by atoms with van der Waals surface area (Å²) in [7, 11) is 0. The number of hydrogen-bond donors (Lipinski definition) is 5. The second-order valence-corrected chi connectivity index (χ2v) is 1.47. The van der Waals surface area contributed by atoms with Crippen LogP contribution in [0.1, 0.15) is 0 Å². The highest BCUT2D eigenvalue weighted by molar-refractivity contribution is 5.77. The lowest BCUT2D eigenvalue weighted by Crippen LogP contribution is -2.47. The van der Waals surface area contributed by atoms with Gasteiger partial charge in [0.05, 0.1) is 0 Å². The van der Waals surface area contributed by atoms with Gasteiger partial charge in [-0.05, 0) is 0 Å². The van der Waals surface area contributed by atoms with E-state index in [9.17, 15) is 14.4 Å². The Labute approximate surface area is 66.3 Å². The predicted molar refractivity (Wildman–Crippen MR) is 35.1 cm³/mol. The van der Waals surface area contributed by atoms with Gasteiger partial charge in [0.1, 0.15) is 0 Å². The average Bonchev–Trinajstić information content (AvgIpc) is 1.96. The van der Waals surface area contributed by atoms with Gasteiger partial charge in [0, 0.05) is 0 Å². The van der Waals surface area contributed by atoms with Gasteiger partial charge in [0.15, 0.2) is 0 Å². The summed E-state index contributed by atoms with van der Waals surface area (Å²) in [5.41, 5.74) is 14.0. The van der Waals surface area contributed by atoms with E-state index >= 15 is 0 Å². The summed E-state index contributed by atoms with van der Waals surface area (Å²) in [5.74, 6) is 0. The van der Waals surface area contributed by atoms with E-state index in [2.05, 4.69) is 16.3 Å². The fourth-order valence-electron chi connectivity index (χ4n) is 0.235. The van der Waals surface area contributed by atoms with E-state index in [1.165, 1.54) is 5.48 Å². The van der Waals surface area contributed by atoms with Crippen molar-refractivity contribution in [2.45, 2.75) is 0 Å². The number of nitrogens with two attached hydrogens (primary N) is 2. The molecule has 0 bridgehead atoms. The minimum Gasteiger partial charge on any atom is -0.350 e. The Morgan fingerprint density at radius 1 is 1.00 bits per heavy atom. The van der Waals surface area contributed by atoms with Gasteiger partial charge in [-0.25, -0.2) is 25.2 Å². The maximum atomic E-state index is 10.4. The van der Waals surface area contributed by atoms with Crippen LogP contribution in [-0.4, -0.2) is 18.2 Å². The van der Waals surface area contributed by atoms with Gasteiger partial charge in [0.2, 0.25) is 0 Å². The topological polar surface area (TPSA) is 149 Å². The summed E-state index contributed by atoms with van der Waals surface area (Å²) in [5, 5.41) is 0. The number of carbonyl (C=O) groups excluding carboxylic acids is 3. The van der Waals surface area contributed by atoms with E-state index < -0.39 is 18.2 Å². The molecule has 0 saturated carbocycles. The second kappa shape index (κ2) is 4.60. The highest BCUT2D eigenvalue weighted by atomic mass is 16.7. The highest BCUT2D eigenvalue weighted by Crippen LogP contribution is 1.67. The third kappa shape index (κ3) is 5.94. The number of nitrogens with one attached hydrogen (secondary N) is 3. The molecular formula is C3H7N5O4. The molecule has 0 aliphatic carbocycles. The molecule has 0 unspecified atom stereocenters. The van der Waals surface area contributed by atoms with Gasteiger partial charge in [0.25, 0.3) is 0 Å². The Hall–Kier alpha value is -2.19. The summed E-state index contributed by atoms with van der Waals surface area (Å²) < 4.78 is 0. The van der Waals surface area contributed by atoms with Crippen molar-refractivity contribution < 1.29 is 19.2 Å². The maximum absolute atomic E-state index is 10.4. The number of rotatable bonds is 0. The molecule has 0 aliphatic heterocycles. The van der Waals surface area contributed by atoms with Gasteiger partial charge < -0.3 is 16.3 Å². The summed E-state index contributed by atoms with van der Waals surface area (Å²) in [6.45, 7) is 0. The van der Waals surface area contributed by atoms with Crippen molar-refractivity contribution in [2.75, 3.05) is 0 Å². The molecule has 0 heterocycles. The first-order chi connectivity index (χ1) is 5.52. The van der Waals surface area contributed by atoms with E-state index in [1.54, 1.807) is 10.9 Å². The van der Waals surface area contributed by atoms with E-state index in [1.807, 2.05) is 0 Å². The quantitative estimate of drug-likeness (QED) is 0.269. The molecule has 0 fully saturated rings. The maximum Gasteiger partial charge on any atom is 0.450 e. The van der Waals surface area contributed by atoms with Crippen molar-refractivity contribution in [1.29, 1.82) is 0 Å². The molecule has 7 N–H and O–H groups in total. The van der Waals surface area contributed by atoms with Crippen LogP contribution < -0.4 is 27.8 Å². The second-order valence-electron chi connectivity index (χ2n) is 1.47. The molecule has 0 aromatic rings. The largest absolute Gasteiger partial charge is 0.450 e. The minimum absolute atomic E-state index is 0.981. The molecule has 9 heteroatoms. The van der Waals surface area contributed by atoms with E-state index in [4.69, 9.17) is 0 Å². The molecule has 0 atom stereocenters. The Kier molecular flexibility index (Phi) is 3.76.